The largest absolute Gasteiger partial charge is 0.326 e. The van der Waals surface area contributed by atoms with Crippen LogP contribution in [0.15, 0.2) is 24.4 Å². The van der Waals surface area contributed by atoms with E-state index in [2.05, 4.69) is 33.0 Å². The third kappa shape index (κ3) is 4.10. The van der Waals surface area contributed by atoms with E-state index >= 15 is 0 Å². The zero-order chi connectivity index (χ0) is 14.7. The molecule has 106 valence electrons. The molecule has 20 heavy (non-hydrogen) atoms. The van der Waals surface area contributed by atoms with Gasteiger partial charge in [0.1, 0.15) is 0 Å². The predicted molar refractivity (Wildman–Crippen MR) is 89.4 cm³/mol. The molecule has 1 N–H and O–H groups in total. The SMILES string of the molecule is Cc1nn(CCC(=O)Nc2ccc(Cl)c(Cl)c2)cc1I. The van der Waals surface area contributed by atoms with Gasteiger partial charge in [-0.25, -0.2) is 0 Å². The van der Waals surface area contributed by atoms with E-state index in [0.29, 0.717) is 28.7 Å². The van der Waals surface area contributed by atoms with Crippen molar-refractivity contribution in [1.82, 2.24) is 9.78 Å². The van der Waals surface area contributed by atoms with E-state index in [9.17, 15) is 4.79 Å². The Morgan fingerprint density at radius 1 is 1.40 bits per heavy atom. The van der Waals surface area contributed by atoms with Gasteiger partial charge < -0.3 is 5.32 Å². The average Bonchev–Trinajstić information content (AvgIpc) is 2.71. The third-order valence-electron chi connectivity index (χ3n) is 2.66. The van der Waals surface area contributed by atoms with Gasteiger partial charge in [-0.1, -0.05) is 23.2 Å². The molecule has 7 heteroatoms. The number of rotatable bonds is 4. The predicted octanol–water partition coefficient (Wildman–Crippen LogP) is 4.13. The van der Waals surface area contributed by atoms with E-state index in [-0.39, 0.29) is 5.91 Å². The van der Waals surface area contributed by atoms with E-state index in [0.717, 1.165) is 9.26 Å². The molecule has 1 aromatic heterocycles. The second-order valence-corrected chi connectivity index (χ2v) is 6.23. The fourth-order valence-electron chi connectivity index (χ4n) is 1.62. The number of aromatic nitrogens is 2. The molecule has 0 saturated carbocycles. The zero-order valence-corrected chi connectivity index (χ0v) is 14.3. The fourth-order valence-corrected chi connectivity index (χ4v) is 2.35. The number of anilines is 1. The number of hydrogen-bond acceptors (Lipinski definition) is 2. The number of amides is 1. The highest BCUT2D eigenvalue weighted by molar-refractivity contribution is 14.1. The molecule has 0 atom stereocenters. The molecule has 2 aromatic rings. The standard InChI is InChI=1S/C13H12Cl2IN3O/c1-8-12(16)7-19(18-8)5-4-13(20)17-9-2-3-10(14)11(15)6-9/h2-3,6-7H,4-5H2,1H3,(H,17,20). The number of nitrogens with one attached hydrogen (secondary N) is 1. The van der Waals surface area contributed by atoms with E-state index in [4.69, 9.17) is 23.2 Å². The Morgan fingerprint density at radius 3 is 2.75 bits per heavy atom. The number of nitrogens with zero attached hydrogens (tertiary/aromatic N) is 2. The lowest BCUT2D eigenvalue weighted by atomic mass is 10.3. The van der Waals surface area contributed by atoms with E-state index in [1.165, 1.54) is 0 Å². The van der Waals surface area contributed by atoms with Crippen molar-refractivity contribution in [2.24, 2.45) is 0 Å². The molecule has 2 rings (SSSR count). The Labute approximate surface area is 140 Å². The number of carbonyl (C=O) groups excluding carboxylic acids is 1. The number of halogens is 3. The first-order valence-electron chi connectivity index (χ1n) is 5.90. The number of benzene rings is 1. The van der Waals surface area contributed by atoms with Crippen LogP contribution in [0.4, 0.5) is 5.69 Å². The molecular formula is C13H12Cl2IN3O. The quantitative estimate of drug-likeness (QED) is 0.751. The monoisotopic (exact) mass is 423 g/mol. The maximum atomic E-state index is 11.8. The van der Waals surface area contributed by atoms with Crippen molar-refractivity contribution in [3.05, 3.63) is 43.7 Å². The maximum absolute atomic E-state index is 11.8. The summed E-state index contributed by atoms with van der Waals surface area (Å²) in [6.07, 6.45) is 2.26. The van der Waals surface area contributed by atoms with E-state index < -0.39 is 0 Å². The molecule has 1 heterocycles. The highest BCUT2D eigenvalue weighted by Crippen LogP contribution is 2.25. The van der Waals surface area contributed by atoms with Crippen LogP contribution in [0.25, 0.3) is 0 Å². The lowest BCUT2D eigenvalue weighted by molar-refractivity contribution is -0.116. The average molecular weight is 424 g/mol. The first kappa shape index (κ1) is 15.6. The first-order chi connectivity index (χ1) is 9.45. The van der Waals surface area contributed by atoms with Crippen LogP contribution in [0.1, 0.15) is 12.1 Å². The van der Waals surface area contributed by atoms with Crippen molar-refractivity contribution in [2.75, 3.05) is 5.32 Å². The molecule has 0 aliphatic heterocycles. The second-order valence-electron chi connectivity index (χ2n) is 4.25. The zero-order valence-electron chi connectivity index (χ0n) is 10.7. The van der Waals surface area contributed by atoms with Crippen molar-refractivity contribution in [3.63, 3.8) is 0 Å². The van der Waals surface area contributed by atoms with Crippen LogP contribution in [0, 0.1) is 10.5 Å². The topological polar surface area (TPSA) is 46.9 Å². The molecule has 0 fully saturated rings. The number of aryl methyl sites for hydroxylation is 2. The van der Waals surface area contributed by atoms with Gasteiger partial charge in [0.05, 0.1) is 19.3 Å². The highest BCUT2D eigenvalue weighted by Gasteiger charge is 2.07. The van der Waals surface area contributed by atoms with Gasteiger partial charge in [0.2, 0.25) is 5.91 Å². The lowest BCUT2D eigenvalue weighted by Gasteiger charge is -2.06. The smallest absolute Gasteiger partial charge is 0.226 e. The minimum Gasteiger partial charge on any atom is -0.326 e. The van der Waals surface area contributed by atoms with Crippen molar-refractivity contribution >= 4 is 57.4 Å². The Bertz CT molecular complexity index is 623. The molecule has 4 nitrogen and oxygen atoms in total. The minimum absolute atomic E-state index is 0.0912. The number of carbonyl (C=O) groups is 1. The van der Waals surface area contributed by atoms with Crippen molar-refractivity contribution in [2.45, 2.75) is 19.9 Å². The normalized spacial score (nSPS) is 10.6. The summed E-state index contributed by atoms with van der Waals surface area (Å²) in [5, 5.41) is 7.96. The van der Waals surface area contributed by atoms with Crippen LogP contribution < -0.4 is 5.32 Å². The van der Waals surface area contributed by atoms with Gasteiger partial charge in [0.25, 0.3) is 0 Å². The first-order valence-corrected chi connectivity index (χ1v) is 7.73. The van der Waals surface area contributed by atoms with Gasteiger partial charge in [0.15, 0.2) is 0 Å². The fraction of sp³-hybridized carbons (Fsp3) is 0.231. The summed E-state index contributed by atoms with van der Waals surface area (Å²) in [6, 6.07) is 4.99. The van der Waals surface area contributed by atoms with Crippen molar-refractivity contribution < 1.29 is 4.79 Å². The van der Waals surface area contributed by atoms with Crippen LogP contribution >= 0.6 is 45.8 Å². The van der Waals surface area contributed by atoms with Crippen molar-refractivity contribution in [3.8, 4) is 0 Å². The molecular weight excluding hydrogens is 412 g/mol. The Balaban J connectivity index is 1.90. The molecule has 0 unspecified atom stereocenters. The van der Waals surface area contributed by atoms with Crippen LogP contribution in [0.5, 0.6) is 0 Å². The van der Waals surface area contributed by atoms with Gasteiger partial charge in [0, 0.05) is 24.8 Å². The molecule has 0 spiro atoms. The molecule has 0 saturated heterocycles. The van der Waals surface area contributed by atoms with Gasteiger partial charge in [-0.3, -0.25) is 9.48 Å². The van der Waals surface area contributed by atoms with E-state index in [1.54, 1.807) is 22.9 Å². The molecule has 1 aromatic carbocycles. The van der Waals surface area contributed by atoms with Crippen LogP contribution in [0.3, 0.4) is 0 Å². The van der Waals surface area contributed by atoms with Crippen LogP contribution in [-0.2, 0) is 11.3 Å². The Hall–Kier alpha value is -0.790. The summed E-state index contributed by atoms with van der Waals surface area (Å²) in [5.41, 5.74) is 1.60. The van der Waals surface area contributed by atoms with Gasteiger partial charge in [-0.05, 0) is 47.7 Å². The van der Waals surface area contributed by atoms with Gasteiger partial charge >= 0.3 is 0 Å². The molecule has 0 bridgehead atoms. The summed E-state index contributed by atoms with van der Waals surface area (Å²) in [7, 11) is 0. The summed E-state index contributed by atoms with van der Waals surface area (Å²) in [5.74, 6) is -0.0912. The minimum atomic E-state index is -0.0912. The summed E-state index contributed by atoms with van der Waals surface area (Å²) in [6.45, 7) is 2.48. The molecule has 0 aliphatic carbocycles. The van der Waals surface area contributed by atoms with Crippen molar-refractivity contribution in [1.29, 1.82) is 0 Å². The lowest BCUT2D eigenvalue weighted by Crippen LogP contribution is -2.14. The Kier molecular flexibility index (Phi) is 5.29. The second kappa shape index (κ2) is 6.78. The molecule has 0 radical (unpaired) electrons. The Morgan fingerprint density at radius 2 is 2.15 bits per heavy atom. The summed E-state index contributed by atoms with van der Waals surface area (Å²) in [4.78, 5) is 11.8. The van der Waals surface area contributed by atoms with Crippen LogP contribution in [0.2, 0.25) is 10.0 Å². The van der Waals surface area contributed by atoms with E-state index in [1.807, 2.05) is 13.1 Å². The van der Waals surface area contributed by atoms with Crippen LogP contribution in [-0.4, -0.2) is 15.7 Å². The van der Waals surface area contributed by atoms with Gasteiger partial charge in [-0.15, -0.1) is 0 Å². The molecule has 0 aliphatic rings. The molecule has 1 amide bonds. The highest BCUT2D eigenvalue weighted by atomic mass is 127. The summed E-state index contributed by atoms with van der Waals surface area (Å²) >= 11 is 13.9. The third-order valence-corrected chi connectivity index (χ3v) is 4.46. The maximum Gasteiger partial charge on any atom is 0.226 e. The number of hydrogen-bond donors (Lipinski definition) is 1. The van der Waals surface area contributed by atoms with Gasteiger partial charge in [-0.2, -0.15) is 5.10 Å². The summed E-state index contributed by atoms with van der Waals surface area (Å²) < 4.78 is 2.86.